The summed E-state index contributed by atoms with van der Waals surface area (Å²) in [5.74, 6) is 3.28. The average molecular weight is 189 g/mol. The van der Waals surface area contributed by atoms with Crippen LogP contribution in [0, 0.1) is 12.3 Å². The van der Waals surface area contributed by atoms with E-state index in [0.717, 1.165) is 11.3 Å². The average Bonchev–Trinajstić information content (AvgIpc) is 2.18. The zero-order chi connectivity index (χ0) is 10.6. The summed E-state index contributed by atoms with van der Waals surface area (Å²) >= 11 is 0. The monoisotopic (exact) mass is 189 g/mol. The van der Waals surface area contributed by atoms with Gasteiger partial charge in [-0.05, 0) is 31.5 Å². The summed E-state index contributed by atoms with van der Waals surface area (Å²) < 4.78 is 5.46. The molecule has 0 aliphatic carbocycles. The third kappa shape index (κ3) is 2.79. The van der Waals surface area contributed by atoms with Gasteiger partial charge < -0.3 is 10.5 Å². The largest absolute Gasteiger partial charge is 0.478 e. The highest BCUT2D eigenvalue weighted by Crippen LogP contribution is 2.18. The molecule has 14 heavy (non-hydrogen) atoms. The molecule has 0 saturated heterocycles. The van der Waals surface area contributed by atoms with Crippen LogP contribution in [-0.4, -0.2) is 6.10 Å². The molecule has 2 nitrogen and oxygen atoms in total. The third-order valence-corrected chi connectivity index (χ3v) is 1.93. The van der Waals surface area contributed by atoms with Gasteiger partial charge in [0.15, 0.2) is 6.10 Å². The Kier molecular flexibility index (Phi) is 3.55. The van der Waals surface area contributed by atoms with Crippen LogP contribution in [0.4, 0.5) is 0 Å². The Morgan fingerprint density at radius 2 is 2.14 bits per heavy atom. The topological polar surface area (TPSA) is 35.2 Å². The smallest absolute Gasteiger partial charge is 0.156 e. The van der Waals surface area contributed by atoms with E-state index in [-0.39, 0.29) is 12.1 Å². The van der Waals surface area contributed by atoms with Crippen molar-refractivity contribution in [1.29, 1.82) is 0 Å². The molecule has 2 N–H and O–H groups in total. The van der Waals surface area contributed by atoms with Gasteiger partial charge in [0, 0.05) is 6.04 Å². The van der Waals surface area contributed by atoms with Gasteiger partial charge in [-0.2, -0.15) is 0 Å². The second-order valence-electron chi connectivity index (χ2n) is 3.29. The zero-order valence-electron chi connectivity index (χ0n) is 8.53. The van der Waals surface area contributed by atoms with Gasteiger partial charge in [-0.15, -0.1) is 6.42 Å². The highest BCUT2D eigenvalue weighted by atomic mass is 16.5. The van der Waals surface area contributed by atoms with Crippen molar-refractivity contribution in [2.75, 3.05) is 0 Å². The Morgan fingerprint density at radius 1 is 1.43 bits per heavy atom. The van der Waals surface area contributed by atoms with Crippen LogP contribution in [0.1, 0.15) is 25.5 Å². The minimum atomic E-state index is -0.210. The molecule has 0 fully saturated rings. The van der Waals surface area contributed by atoms with Crippen molar-refractivity contribution in [2.45, 2.75) is 26.0 Å². The predicted octanol–water partition coefficient (Wildman–Crippen LogP) is 2.11. The van der Waals surface area contributed by atoms with E-state index in [9.17, 15) is 0 Å². The van der Waals surface area contributed by atoms with Crippen molar-refractivity contribution in [1.82, 2.24) is 0 Å². The van der Waals surface area contributed by atoms with Gasteiger partial charge in [0.25, 0.3) is 0 Å². The van der Waals surface area contributed by atoms with Gasteiger partial charge in [0.2, 0.25) is 0 Å². The predicted molar refractivity (Wildman–Crippen MR) is 58.0 cm³/mol. The van der Waals surface area contributed by atoms with E-state index in [1.54, 1.807) is 0 Å². The van der Waals surface area contributed by atoms with Crippen LogP contribution in [0.5, 0.6) is 5.75 Å². The minimum absolute atomic E-state index is 0.0136. The molecule has 2 atom stereocenters. The number of rotatable bonds is 3. The first-order valence-electron chi connectivity index (χ1n) is 4.62. The number of hydrogen-bond donors (Lipinski definition) is 1. The van der Waals surface area contributed by atoms with Crippen molar-refractivity contribution in [3.8, 4) is 18.1 Å². The first-order valence-corrected chi connectivity index (χ1v) is 4.62. The van der Waals surface area contributed by atoms with Crippen molar-refractivity contribution in [2.24, 2.45) is 5.73 Å². The summed E-state index contributed by atoms with van der Waals surface area (Å²) in [6.45, 7) is 3.77. The molecule has 0 spiro atoms. The van der Waals surface area contributed by atoms with E-state index in [1.165, 1.54) is 0 Å². The van der Waals surface area contributed by atoms with Gasteiger partial charge in [0.1, 0.15) is 5.75 Å². The second kappa shape index (κ2) is 4.69. The summed E-state index contributed by atoms with van der Waals surface area (Å²) in [5, 5.41) is 0. The summed E-state index contributed by atoms with van der Waals surface area (Å²) in [6, 6.07) is 7.69. The third-order valence-electron chi connectivity index (χ3n) is 1.93. The van der Waals surface area contributed by atoms with Crippen LogP contribution in [-0.2, 0) is 0 Å². The molecule has 2 heteroatoms. The maximum Gasteiger partial charge on any atom is 0.156 e. The van der Waals surface area contributed by atoms with E-state index >= 15 is 0 Å². The molecule has 1 rings (SSSR count). The lowest BCUT2D eigenvalue weighted by atomic mass is 10.1. The standard InChI is InChI=1S/C12H15NO/c1-4-9(2)14-12-7-5-6-11(8-12)10(3)13/h1,5-10H,13H2,2-3H3/t9-,10-/m1/s1. The van der Waals surface area contributed by atoms with Crippen molar-refractivity contribution >= 4 is 0 Å². The van der Waals surface area contributed by atoms with Gasteiger partial charge in [-0.3, -0.25) is 0 Å². The van der Waals surface area contributed by atoms with E-state index in [1.807, 2.05) is 38.1 Å². The molecular weight excluding hydrogens is 174 g/mol. The van der Waals surface area contributed by atoms with Crippen molar-refractivity contribution in [3.63, 3.8) is 0 Å². The lowest BCUT2D eigenvalue weighted by Gasteiger charge is -2.11. The summed E-state index contributed by atoms with van der Waals surface area (Å²) in [5.41, 5.74) is 6.80. The number of nitrogens with two attached hydrogens (primary N) is 1. The molecule has 0 heterocycles. The highest BCUT2D eigenvalue weighted by molar-refractivity contribution is 5.30. The lowest BCUT2D eigenvalue weighted by molar-refractivity contribution is 0.278. The lowest BCUT2D eigenvalue weighted by Crippen LogP contribution is -2.09. The summed E-state index contributed by atoms with van der Waals surface area (Å²) in [4.78, 5) is 0. The van der Waals surface area contributed by atoms with Gasteiger partial charge in [-0.1, -0.05) is 18.1 Å². The maximum atomic E-state index is 5.75. The van der Waals surface area contributed by atoms with Crippen molar-refractivity contribution in [3.05, 3.63) is 29.8 Å². The molecule has 1 aromatic rings. The van der Waals surface area contributed by atoms with Gasteiger partial charge >= 0.3 is 0 Å². The Hall–Kier alpha value is -1.46. The molecular formula is C12H15NO. The van der Waals surface area contributed by atoms with Crippen LogP contribution < -0.4 is 10.5 Å². The molecule has 0 saturated carbocycles. The zero-order valence-corrected chi connectivity index (χ0v) is 8.53. The fourth-order valence-corrected chi connectivity index (χ4v) is 1.11. The van der Waals surface area contributed by atoms with E-state index in [4.69, 9.17) is 16.9 Å². The fourth-order valence-electron chi connectivity index (χ4n) is 1.11. The Labute approximate surface area is 85.1 Å². The SMILES string of the molecule is C#C[C@@H](C)Oc1cccc([C@@H](C)N)c1. The molecule has 74 valence electrons. The van der Waals surface area contributed by atoms with E-state index in [0.29, 0.717) is 0 Å². The van der Waals surface area contributed by atoms with Crippen LogP contribution in [0.2, 0.25) is 0 Å². The molecule has 0 aliphatic rings. The highest BCUT2D eigenvalue weighted by Gasteiger charge is 2.03. The van der Waals surface area contributed by atoms with Crippen LogP contribution in [0.3, 0.4) is 0 Å². The maximum absolute atomic E-state index is 5.75. The van der Waals surface area contributed by atoms with Crippen molar-refractivity contribution < 1.29 is 4.74 Å². The first-order chi connectivity index (χ1) is 6.63. The molecule has 1 aromatic carbocycles. The molecule has 0 bridgehead atoms. The summed E-state index contributed by atoms with van der Waals surface area (Å²) in [6.07, 6.45) is 5.01. The number of hydrogen-bond acceptors (Lipinski definition) is 2. The Morgan fingerprint density at radius 3 is 2.71 bits per heavy atom. The van der Waals surface area contributed by atoms with Gasteiger partial charge in [0.05, 0.1) is 0 Å². The fraction of sp³-hybridized carbons (Fsp3) is 0.333. The van der Waals surface area contributed by atoms with Crippen LogP contribution >= 0.6 is 0 Å². The number of benzene rings is 1. The Balaban J connectivity index is 2.79. The quantitative estimate of drug-likeness (QED) is 0.739. The summed E-state index contributed by atoms with van der Waals surface area (Å²) in [7, 11) is 0. The van der Waals surface area contributed by atoms with E-state index < -0.39 is 0 Å². The molecule has 0 unspecified atom stereocenters. The minimum Gasteiger partial charge on any atom is -0.478 e. The molecule has 0 aliphatic heterocycles. The Bertz CT molecular complexity index is 338. The molecule has 0 radical (unpaired) electrons. The number of terminal acetylenes is 1. The molecule has 0 amide bonds. The van der Waals surface area contributed by atoms with Crippen LogP contribution in [0.25, 0.3) is 0 Å². The molecule has 0 aromatic heterocycles. The van der Waals surface area contributed by atoms with Crippen LogP contribution in [0.15, 0.2) is 24.3 Å². The number of ether oxygens (including phenoxy) is 1. The first kappa shape index (κ1) is 10.6. The second-order valence-corrected chi connectivity index (χ2v) is 3.29. The van der Waals surface area contributed by atoms with E-state index in [2.05, 4.69) is 5.92 Å². The van der Waals surface area contributed by atoms with Gasteiger partial charge in [-0.25, -0.2) is 0 Å². The normalized spacial score (nSPS) is 14.1.